The van der Waals surface area contributed by atoms with Gasteiger partial charge in [0.1, 0.15) is 6.10 Å². The number of H-pyrrole nitrogens is 1. The van der Waals surface area contributed by atoms with Gasteiger partial charge in [0.25, 0.3) is 5.91 Å². The number of carbonyl (C=O) groups excluding carboxylic acids is 1. The van der Waals surface area contributed by atoms with E-state index < -0.39 is 12.2 Å². The van der Waals surface area contributed by atoms with Crippen molar-refractivity contribution in [3.8, 4) is 5.75 Å². The summed E-state index contributed by atoms with van der Waals surface area (Å²) in [7, 11) is 0. The van der Waals surface area contributed by atoms with E-state index in [0.717, 1.165) is 25.2 Å². The van der Waals surface area contributed by atoms with Gasteiger partial charge in [-0.25, -0.2) is 4.39 Å². The first-order valence-electron chi connectivity index (χ1n) is 11.5. The van der Waals surface area contributed by atoms with Crippen molar-refractivity contribution in [1.82, 2.24) is 25.2 Å². The lowest BCUT2D eigenvalue weighted by molar-refractivity contribution is -0.0246. The molecule has 2 N–H and O–H groups in total. The number of hydrogen-bond donors (Lipinski definition) is 2. The minimum Gasteiger partial charge on any atom is -0.485 e. The second-order valence-corrected chi connectivity index (χ2v) is 9.43. The van der Waals surface area contributed by atoms with Crippen molar-refractivity contribution in [2.75, 3.05) is 26.2 Å². The molecule has 8 nitrogen and oxygen atoms in total. The Balaban J connectivity index is 1.22. The maximum Gasteiger partial charge on any atom is 0.276 e. The Kier molecular flexibility index (Phi) is 5.86. The number of aliphatic hydroxyl groups excluding tert-OH is 1. The highest BCUT2D eigenvalue weighted by Gasteiger charge is 2.44. The molecule has 1 aromatic carbocycles. The molecule has 5 rings (SSSR count). The number of fused-ring (bicyclic) bond motifs is 1. The molecule has 32 heavy (non-hydrogen) atoms. The minimum atomic E-state index is -0.691. The smallest absolute Gasteiger partial charge is 0.276 e. The molecule has 1 amide bonds. The number of hydrogen-bond acceptors (Lipinski definition) is 6. The first kappa shape index (κ1) is 21.3. The van der Waals surface area contributed by atoms with Crippen LogP contribution in [0.4, 0.5) is 4.39 Å². The van der Waals surface area contributed by atoms with E-state index in [0.29, 0.717) is 37.3 Å². The maximum absolute atomic E-state index is 14.7. The summed E-state index contributed by atoms with van der Waals surface area (Å²) < 4.78 is 20.7. The zero-order valence-corrected chi connectivity index (χ0v) is 18.3. The van der Waals surface area contributed by atoms with Crippen LogP contribution in [0.15, 0.2) is 18.2 Å². The maximum atomic E-state index is 14.7. The van der Waals surface area contributed by atoms with Gasteiger partial charge < -0.3 is 14.7 Å². The lowest BCUT2D eigenvalue weighted by Gasteiger charge is -2.35. The number of aryl methyl sites for hydroxylation is 1. The van der Waals surface area contributed by atoms with E-state index in [1.807, 2.05) is 6.07 Å². The van der Waals surface area contributed by atoms with Crippen molar-refractivity contribution < 1.29 is 19.0 Å². The highest BCUT2D eigenvalue weighted by molar-refractivity contribution is 5.93. The molecular weight excluding hydrogens is 413 g/mol. The number of ether oxygens (including phenoxy) is 1. The molecule has 3 aliphatic rings. The molecule has 1 aliphatic carbocycles. The molecule has 2 aromatic rings. The predicted octanol–water partition coefficient (Wildman–Crippen LogP) is 2.14. The second-order valence-electron chi connectivity index (χ2n) is 9.43. The lowest BCUT2D eigenvalue weighted by Crippen LogP contribution is -2.42. The zero-order chi connectivity index (χ0) is 22.2. The van der Waals surface area contributed by atoms with E-state index in [1.165, 1.54) is 12.8 Å². The van der Waals surface area contributed by atoms with Crippen molar-refractivity contribution in [1.29, 1.82) is 0 Å². The summed E-state index contributed by atoms with van der Waals surface area (Å²) in [6.07, 6.45) is 2.34. The molecular formula is C23H30FN5O3. The largest absolute Gasteiger partial charge is 0.485 e. The molecule has 2 saturated heterocycles. The van der Waals surface area contributed by atoms with Gasteiger partial charge in [0.05, 0.1) is 11.8 Å². The Morgan fingerprint density at radius 3 is 2.66 bits per heavy atom. The van der Waals surface area contributed by atoms with Crippen LogP contribution in [-0.2, 0) is 6.54 Å². The van der Waals surface area contributed by atoms with Gasteiger partial charge in [-0.1, -0.05) is 6.07 Å². The highest BCUT2D eigenvalue weighted by atomic mass is 19.1. The van der Waals surface area contributed by atoms with Gasteiger partial charge >= 0.3 is 0 Å². The fourth-order valence-corrected chi connectivity index (χ4v) is 5.42. The van der Waals surface area contributed by atoms with E-state index in [9.17, 15) is 14.3 Å². The van der Waals surface area contributed by atoms with E-state index in [1.54, 1.807) is 24.0 Å². The number of benzene rings is 1. The number of carbonyl (C=O) groups is 1. The number of aliphatic hydroxyl groups is 1. The number of nitrogens with one attached hydrogen (secondary N) is 1. The van der Waals surface area contributed by atoms with Crippen LogP contribution in [0.1, 0.15) is 47.4 Å². The van der Waals surface area contributed by atoms with E-state index >= 15 is 0 Å². The Hall–Kier alpha value is -2.52. The normalized spacial score (nSPS) is 28.2. The number of likely N-dealkylation sites (tertiary alicyclic amines) is 2. The zero-order valence-electron chi connectivity index (χ0n) is 18.3. The van der Waals surface area contributed by atoms with Crippen molar-refractivity contribution >= 4 is 5.91 Å². The monoisotopic (exact) mass is 443 g/mol. The Labute approximate surface area is 186 Å². The standard InChI is InChI=1S/C23H30FN5O3/c1-14-22(26-27-25-14)23(31)29-12-16-9-19(30)21(10-17(16)13-29)32-20-5-4-15(8-18(20)24)11-28-6-2-3-7-28/h4-5,8,16-17,19,21,30H,2-3,6-7,9-13H2,1H3,(H,25,26,27)/t16-,17+,19+,21+/m0/s1. The first-order chi connectivity index (χ1) is 15.5. The number of aromatic nitrogens is 3. The third-order valence-corrected chi connectivity index (χ3v) is 7.18. The summed E-state index contributed by atoms with van der Waals surface area (Å²) in [5.74, 6) is 0.0607. The van der Waals surface area contributed by atoms with Crippen LogP contribution >= 0.6 is 0 Å². The fourth-order valence-electron chi connectivity index (χ4n) is 5.42. The Morgan fingerprint density at radius 1 is 1.22 bits per heavy atom. The van der Waals surface area contributed by atoms with Gasteiger partial charge in [-0.15, -0.1) is 0 Å². The van der Waals surface area contributed by atoms with E-state index in [-0.39, 0.29) is 29.3 Å². The van der Waals surface area contributed by atoms with Crippen LogP contribution < -0.4 is 4.74 Å². The first-order valence-corrected chi connectivity index (χ1v) is 11.5. The molecule has 1 aromatic heterocycles. The predicted molar refractivity (Wildman–Crippen MR) is 115 cm³/mol. The minimum absolute atomic E-state index is 0.141. The summed E-state index contributed by atoms with van der Waals surface area (Å²) in [6, 6.07) is 5.13. The molecule has 0 spiro atoms. The van der Waals surface area contributed by atoms with Gasteiger partial charge in [0.15, 0.2) is 17.3 Å². The average Bonchev–Trinajstić information content (AvgIpc) is 3.51. The summed E-state index contributed by atoms with van der Waals surface area (Å²) in [5.41, 5.74) is 1.86. The number of aromatic amines is 1. The third kappa shape index (κ3) is 4.23. The highest BCUT2D eigenvalue weighted by Crippen LogP contribution is 2.39. The van der Waals surface area contributed by atoms with Gasteiger partial charge in [0, 0.05) is 19.6 Å². The molecule has 3 heterocycles. The van der Waals surface area contributed by atoms with Crippen LogP contribution in [0.5, 0.6) is 5.75 Å². The molecule has 3 fully saturated rings. The molecule has 9 heteroatoms. The van der Waals surface area contributed by atoms with Gasteiger partial charge in [-0.2, -0.15) is 15.4 Å². The average molecular weight is 444 g/mol. The lowest BCUT2D eigenvalue weighted by atomic mass is 9.78. The molecule has 2 aliphatic heterocycles. The summed E-state index contributed by atoms with van der Waals surface area (Å²) >= 11 is 0. The van der Waals surface area contributed by atoms with Crippen molar-refractivity contribution in [3.05, 3.63) is 41.0 Å². The molecule has 0 unspecified atom stereocenters. The van der Waals surface area contributed by atoms with Gasteiger partial charge in [-0.3, -0.25) is 9.69 Å². The number of halogens is 1. The SMILES string of the molecule is Cc1n[nH]nc1C(=O)N1C[C@H]2C[C@@H](Oc3ccc(CN4CCCC4)cc3F)[C@H](O)C[C@H]2C1. The topological polar surface area (TPSA) is 94.6 Å². The van der Waals surface area contributed by atoms with Crippen LogP contribution in [0, 0.1) is 24.6 Å². The molecule has 172 valence electrons. The van der Waals surface area contributed by atoms with Crippen molar-refractivity contribution in [2.24, 2.45) is 11.8 Å². The van der Waals surface area contributed by atoms with Crippen LogP contribution in [0.25, 0.3) is 0 Å². The van der Waals surface area contributed by atoms with Gasteiger partial charge in [-0.05, 0) is 75.2 Å². The Bertz CT molecular complexity index is 976. The number of nitrogens with zero attached hydrogens (tertiary/aromatic N) is 4. The fraction of sp³-hybridized carbons (Fsp3) is 0.609. The molecule has 0 bridgehead atoms. The van der Waals surface area contributed by atoms with Crippen molar-refractivity contribution in [3.63, 3.8) is 0 Å². The summed E-state index contributed by atoms with van der Waals surface area (Å²) in [5, 5.41) is 21.1. The van der Waals surface area contributed by atoms with Gasteiger partial charge in [0.2, 0.25) is 0 Å². The molecule has 1 saturated carbocycles. The van der Waals surface area contributed by atoms with E-state index in [4.69, 9.17) is 4.74 Å². The summed E-state index contributed by atoms with van der Waals surface area (Å²) in [4.78, 5) is 16.9. The van der Waals surface area contributed by atoms with E-state index in [2.05, 4.69) is 20.3 Å². The molecule has 4 atom stereocenters. The number of amides is 1. The molecule has 0 radical (unpaired) electrons. The third-order valence-electron chi connectivity index (χ3n) is 7.18. The summed E-state index contributed by atoms with van der Waals surface area (Å²) in [6.45, 7) is 5.79. The van der Waals surface area contributed by atoms with Crippen LogP contribution in [0.2, 0.25) is 0 Å². The number of rotatable bonds is 5. The van der Waals surface area contributed by atoms with Crippen LogP contribution in [-0.4, -0.2) is 74.6 Å². The quantitative estimate of drug-likeness (QED) is 0.735. The van der Waals surface area contributed by atoms with Crippen LogP contribution in [0.3, 0.4) is 0 Å². The van der Waals surface area contributed by atoms with Crippen molar-refractivity contribution in [2.45, 2.75) is 51.4 Å². The second kappa shape index (κ2) is 8.78. The Morgan fingerprint density at radius 2 is 1.97 bits per heavy atom.